The smallest absolute Gasteiger partial charge is 0.233 e. The molecule has 144 valence electrons. The predicted molar refractivity (Wildman–Crippen MR) is 100.0 cm³/mol. The van der Waals surface area contributed by atoms with E-state index in [1.165, 1.54) is 12.1 Å². The average molecular weight is 398 g/mol. The Hall–Kier alpha value is -3.07. The summed E-state index contributed by atoms with van der Waals surface area (Å²) < 4.78 is 29.9. The second kappa shape index (κ2) is 7.51. The first-order valence-electron chi connectivity index (χ1n) is 8.82. The molecule has 1 aliphatic rings. The van der Waals surface area contributed by atoms with Crippen LogP contribution in [0.2, 0.25) is 0 Å². The number of nitrogens with zero attached hydrogens (tertiary/aromatic N) is 4. The zero-order chi connectivity index (χ0) is 19.6. The molecular formula is C19H18N4O4S. The Morgan fingerprint density at radius 1 is 1.11 bits per heavy atom. The lowest BCUT2D eigenvalue weighted by Gasteiger charge is -2.37. The number of carbonyl (C=O) groups is 1. The summed E-state index contributed by atoms with van der Waals surface area (Å²) in [5.41, 5.74) is 0.809. The number of hydrogen-bond donors (Lipinski definition) is 0. The SMILES string of the molecule is O=C(CCS(=O)(=O)c1ccccc1)N1CC(c2nc(-c3ccncc3)no2)C1. The molecule has 2 aromatic heterocycles. The normalized spacial score (nSPS) is 14.6. The Balaban J connectivity index is 1.31. The van der Waals surface area contributed by atoms with Gasteiger partial charge in [-0.2, -0.15) is 4.98 Å². The fourth-order valence-corrected chi connectivity index (χ4v) is 4.23. The van der Waals surface area contributed by atoms with Crippen LogP contribution in [0.25, 0.3) is 11.4 Å². The maximum atomic E-state index is 12.3. The first-order chi connectivity index (χ1) is 13.5. The van der Waals surface area contributed by atoms with Crippen LogP contribution in [0.5, 0.6) is 0 Å². The van der Waals surface area contributed by atoms with Crippen molar-refractivity contribution >= 4 is 15.7 Å². The van der Waals surface area contributed by atoms with Gasteiger partial charge in [-0.3, -0.25) is 9.78 Å². The standard InChI is InChI=1S/C19H18N4O4S/c24-17(8-11-28(25,26)16-4-2-1-3-5-16)23-12-15(13-23)19-21-18(22-27-19)14-6-9-20-10-7-14/h1-7,9-10,15H,8,11-13H2. The van der Waals surface area contributed by atoms with Crippen LogP contribution in [-0.2, 0) is 14.6 Å². The van der Waals surface area contributed by atoms with Crippen LogP contribution in [0.15, 0.2) is 64.3 Å². The monoisotopic (exact) mass is 398 g/mol. The van der Waals surface area contributed by atoms with E-state index >= 15 is 0 Å². The molecule has 1 aromatic carbocycles. The third kappa shape index (κ3) is 3.79. The molecule has 0 radical (unpaired) electrons. The van der Waals surface area contributed by atoms with E-state index in [1.54, 1.807) is 47.6 Å². The second-order valence-corrected chi connectivity index (χ2v) is 8.68. The summed E-state index contributed by atoms with van der Waals surface area (Å²) in [6.07, 6.45) is 3.26. The van der Waals surface area contributed by atoms with Crippen molar-refractivity contribution in [1.29, 1.82) is 0 Å². The van der Waals surface area contributed by atoms with E-state index in [2.05, 4.69) is 15.1 Å². The average Bonchev–Trinajstić information content (AvgIpc) is 3.16. The summed E-state index contributed by atoms with van der Waals surface area (Å²) in [5.74, 6) is 0.537. The van der Waals surface area contributed by atoms with Crippen molar-refractivity contribution in [2.24, 2.45) is 0 Å². The number of benzene rings is 1. The van der Waals surface area contributed by atoms with Crippen molar-refractivity contribution in [2.75, 3.05) is 18.8 Å². The van der Waals surface area contributed by atoms with Crippen molar-refractivity contribution in [2.45, 2.75) is 17.2 Å². The van der Waals surface area contributed by atoms with Gasteiger partial charge < -0.3 is 9.42 Å². The lowest BCUT2D eigenvalue weighted by atomic mass is 10.00. The molecule has 0 spiro atoms. The topological polar surface area (TPSA) is 106 Å². The van der Waals surface area contributed by atoms with Gasteiger partial charge in [0, 0.05) is 37.5 Å². The van der Waals surface area contributed by atoms with E-state index in [9.17, 15) is 13.2 Å². The number of sulfone groups is 1. The zero-order valence-electron chi connectivity index (χ0n) is 14.9. The molecule has 1 saturated heterocycles. The molecule has 9 heteroatoms. The molecule has 28 heavy (non-hydrogen) atoms. The maximum Gasteiger partial charge on any atom is 0.233 e. The molecule has 3 aromatic rings. The van der Waals surface area contributed by atoms with Gasteiger partial charge in [-0.25, -0.2) is 8.42 Å². The first-order valence-corrected chi connectivity index (χ1v) is 10.5. The third-order valence-electron chi connectivity index (χ3n) is 4.65. The Morgan fingerprint density at radius 2 is 1.82 bits per heavy atom. The summed E-state index contributed by atoms with van der Waals surface area (Å²) in [4.78, 5) is 22.5. The van der Waals surface area contributed by atoms with Crippen LogP contribution in [0.1, 0.15) is 18.2 Å². The van der Waals surface area contributed by atoms with Crippen LogP contribution in [-0.4, -0.2) is 53.2 Å². The van der Waals surface area contributed by atoms with Crippen LogP contribution >= 0.6 is 0 Å². The Labute approximate surface area is 162 Å². The fraction of sp³-hybridized carbons (Fsp3) is 0.263. The number of hydrogen-bond acceptors (Lipinski definition) is 7. The molecule has 0 saturated carbocycles. The van der Waals surface area contributed by atoms with Gasteiger partial charge in [-0.1, -0.05) is 23.4 Å². The lowest BCUT2D eigenvalue weighted by Crippen LogP contribution is -2.48. The molecule has 0 aliphatic carbocycles. The number of aromatic nitrogens is 3. The zero-order valence-corrected chi connectivity index (χ0v) is 15.7. The Bertz CT molecular complexity index is 1060. The highest BCUT2D eigenvalue weighted by Gasteiger charge is 2.35. The molecular weight excluding hydrogens is 380 g/mol. The van der Waals surface area contributed by atoms with E-state index in [4.69, 9.17) is 4.52 Å². The number of amides is 1. The quantitative estimate of drug-likeness (QED) is 0.624. The summed E-state index contributed by atoms with van der Waals surface area (Å²) in [7, 11) is -3.46. The van der Waals surface area contributed by atoms with E-state index in [-0.39, 0.29) is 28.9 Å². The van der Waals surface area contributed by atoms with Crippen molar-refractivity contribution < 1.29 is 17.7 Å². The van der Waals surface area contributed by atoms with E-state index in [0.29, 0.717) is 24.8 Å². The predicted octanol–water partition coefficient (Wildman–Crippen LogP) is 1.92. The van der Waals surface area contributed by atoms with Gasteiger partial charge in [-0.05, 0) is 24.3 Å². The van der Waals surface area contributed by atoms with Crippen molar-refractivity contribution in [3.8, 4) is 11.4 Å². The van der Waals surface area contributed by atoms with E-state index in [0.717, 1.165) is 5.56 Å². The summed E-state index contributed by atoms with van der Waals surface area (Å²) in [6, 6.07) is 11.7. The number of likely N-dealkylation sites (tertiary alicyclic amines) is 1. The van der Waals surface area contributed by atoms with Gasteiger partial charge in [-0.15, -0.1) is 0 Å². The van der Waals surface area contributed by atoms with Crippen LogP contribution in [0.4, 0.5) is 0 Å². The molecule has 4 rings (SSSR count). The minimum absolute atomic E-state index is 0.0298. The Kier molecular flexibility index (Phi) is 4.91. The van der Waals surface area contributed by atoms with Crippen molar-refractivity contribution in [3.63, 3.8) is 0 Å². The summed E-state index contributed by atoms with van der Waals surface area (Å²) in [5, 5.41) is 3.96. The molecule has 1 aliphatic heterocycles. The summed E-state index contributed by atoms with van der Waals surface area (Å²) in [6.45, 7) is 0.893. The van der Waals surface area contributed by atoms with Crippen molar-refractivity contribution in [3.05, 3.63) is 60.7 Å². The molecule has 1 amide bonds. The molecule has 8 nitrogen and oxygen atoms in total. The maximum absolute atomic E-state index is 12.3. The minimum Gasteiger partial charge on any atom is -0.341 e. The van der Waals surface area contributed by atoms with Gasteiger partial charge >= 0.3 is 0 Å². The van der Waals surface area contributed by atoms with Crippen molar-refractivity contribution in [1.82, 2.24) is 20.0 Å². The van der Waals surface area contributed by atoms with Gasteiger partial charge in [0.25, 0.3) is 0 Å². The second-order valence-electron chi connectivity index (χ2n) is 6.57. The minimum atomic E-state index is -3.46. The number of rotatable bonds is 6. The molecule has 0 atom stereocenters. The van der Waals surface area contributed by atoms with Gasteiger partial charge in [0.05, 0.1) is 16.6 Å². The van der Waals surface area contributed by atoms with Gasteiger partial charge in [0.1, 0.15) is 0 Å². The fourth-order valence-electron chi connectivity index (χ4n) is 2.98. The molecule has 0 N–H and O–H groups in total. The highest BCUT2D eigenvalue weighted by Crippen LogP contribution is 2.28. The molecule has 1 fully saturated rings. The number of carbonyl (C=O) groups excluding carboxylic acids is 1. The number of pyridine rings is 1. The van der Waals surface area contributed by atoms with E-state index < -0.39 is 9.84 Å². The molecule has 3 heterocycles. The molecule has 0 unspecified atom stereocenters. The summed E-state index contributed by atoms with van der Waals surface area (Å²) >= 11 is 0. The third-order valence-corrected chi connectivity index (χ3v) is 6.38. The highest BCUT2D eigenvalue weighted by atomic mass is 32.2. The Morgan fingerprint density at radius 3 is 2.54 bits per heavy atom. The van der Waals surface area contributed by atoms with Gasteiger partial charge in [0.15, 0.2) is 9.84 Å². The largest absolute Gasteiger partial charge is 0.341 e. The van der Waals surface area contributed by atoms with Gasteiger partial charge in [0.2, 0.25) is 17.6 Å². The highest BCUT2D eigenvalue weighted by molar-refractivity contribution is 7.91. The lowest BCUT2D eigenvalue weighted by molar-refractivity contribution is -0.135. The van der Waals surface area contributed by atoms with Crippen LogP contribution in [0.3, 0.4) is 0 Å². The molecule has 0 bridgehead atoms. The van der Waals surface area contributed by atoms with E-state index in [1.807, 2.05) is 0 Å². The van der Waals surface area contributed by atoms with Crippen LogP contribution in [0, 0.1) is 0 Å². The first kappa shape index (κ1) is 18.3. The van der Waals surface area contributed by atoms with Crippen LogP contribution < -0.4 is 0 Å².